The summed E-state index contributed by atoms with van der Waals surface area (Å²) in [4.78, 5) is 14.3. The van der Waals surface area contributed by atoms with E-state index in [0.717, 1.165) is 51.4 Å². The lowest BCUT2D eigenvalue weighted by atomic mass is 10.1. The van der Waals surface area contributed by atoms with E-state index in [1.165, 1.54) is 12.8 Å². The van der Waals surface area contributed by atoms with Crippen LogP contribution in [0.3, 0.4) is 0 Å². The third kappa shape index (κ3) is 3.83. The Labute approximate surface area is 125 Å². The fourth-order valence-electron chi connectivity index (χ4n) is 3.02. The first-order valence-corrected chi connectivity index (χ1v) is 7.96. The molecule has 3 heterocycles. The second-order valence-corrected chi connectivity index (χ2v) is 5.81. The molecule has 6 nitrogen and oxygen atoms in total. The number of hydrogen-bond acceptors (Lipinski definition) is 5. The first-order valence-electron chi connectivity index (χ1n) is 7.96. The molecule has 21 heavy (non-hydrogen) atoms. The van der Waals surface area contributed by atoms with E-state index < -0.39 is 0 Å². The molecular weight excluding hydrogens is 268 g/mol. The Morgan fingerprint density at radius 3 is 2.76 bits per heavy atom. The summed E-state index contributed by atoms with van der Waals surface area (Å²) in [7, 11) is 0. The topological polar surface area (TPSA) is 59.4 Å². The van der Waals surface area contributed by atoms with Crippen LogP contribution in [0.15, 0.2) is 17.1 Å². The second-order valence-electron chi connectivity index (χ2n) is 5.81. The molecule has 2 aliphatic heterocycles. The van der Waals surface area contributed by atoms with Crippen molar-refractivity contribution in [2.24, 2.45) is 0 Å². The van der Waals surface area contributed by atoms with E-state index in [1.54, 1.807) is 10.7 Å². The van der Waals surface area contributed by atoms with Gasteiger partial charge >= 0.3 is 0 Å². The molecule has 0 unspecified atom stereocenters. The van der Waals surface area contributed by atoms with Gasteiger partial charge in [0.05, 0.1) is 18.4 Å². The van der Waals surface area contributed by atoms with Gasteiger partial charge < -0.3 is 15.0 Å². The monoisotopic (exact) mass is 292 g/mol. The minimum Gasteiger partial charge on any atom is -0.381 e. The van der Waals surface area contributed by atoms with E-state index in [1.807, 2.05) is 6.20 Å². The largest absolute Gasteiger partial charge is 0.381 e. The Morgan fingerprint density at radius 1 is 1.29 bits per heavy atom. The Morgan fingerprint density at radius 2 is 2.05 bits per heavy atom. The van der Waals surface area contributed by atoms with Crippen molar-refractivity contribution in [1.29, 1.82) is 0 Å². The molecular formula is C15H24N4O2. The van der Waals surface area contributed by atoms with Gasteiger partial charge in [-0.3, -0.25) is 4.79 Å². The van der Waals surface area contributed by atoms with E-state index in [9.17, 15) is 4.79 Å². The molecule has 0 atom stereocenters. The van der Waals surface area contributed by atoms with Gasteiger partial charge in [0, 0.05) is 45.0 Å². The molecule has 0 aromatic carbocycles. The molecule has 116 valence electrons. The predicted molar refractivity (Wildman–Crippen MR) is 81.8 cm³/mol. The summed E-state index contributed by atoms with van der Waals surface area (Å²) < 4.78 is 6.88. The Balaban J connectivity index is 1.52. The van der Waals surface area contributed by atoms with Gasteiger partial charge in [0.25, 0.3) is 5.56 Å². The number of ether oxygens (including phenoxy) is 1. The van der Waals surface area contributed by atoms with Crippen molar-refractivity contribution >= 4 is 5.69 Å². The molecule has 0 spiro atoms. The van der Waals surface area contributed by atoms with Crippen molar-refractivity contribution in [3.8, 4) is 0 Å². The van der Waals surface area contributed by atoms with Crippen LogP contribution in [0.25, 0.3) is 0 Å². The average molecular weight is 292 g/mol. The first-order chi connectivity index (χ1) is 10.3. The van der Waals surface area contributed by atoms with Gasteiger partial charge in [-0.15, -0.1) is 0 Å². The summed E-state index contributed by atoms with van der Waals surface area (Å²) in [5.41, 5.74) is 0.958. The molecule has 0 aliphatic carbocycles. The molecule has 0 amide bonds. The third-order valence-corrected chi connectivity index (χ3v) is 4.30. The Kier molecular flexibility index (Phi) is 4.87. The van der Waals surface area contributed by atoms with Crippen molar-refractivity contribution in [1.82, 2.24) is 15.1 Å². The van der Waals surface area contributed by atoms with E-state index in [0.29, 0.717) is 12.6 Å². The molecule has 1 N–H and O–H groups in total. The molecule has 0 bridgehead atoms. The van der Waals surface area contributed by atoms with Crippen LogP contribution in [0.4, 0.5) is 5.69 Å². The highest BCUT2D eigenvalue weighted by molar-refractivity contribution is 5.43. The smallest absolute Gasteiger partial charge is 0.268 e. The van der Waals surface area contributed by atoms with Gasteiger partial charge in [0.2, 0.25) is 0 Å². The zero-order valence-electron chi connectivity index (χ0n) is 12.5. The molecule has 2 fully saturated rings. The fourth-order valence-corrected chi connectivity index (χ4v) is 3.02. The standard InChI is InChI=1S/C15H24N4O2/c20-15-11-14(18-6-1-2-7-18)12-17-19(15)8-5-16-13-3-9-21-10-4-13/h11-13,16H,1-10H2. The van der Waals surface area contributed by atoms with Crippen LogP contribution < -0.4 is 15.8 Å². The van der Waals surface area contributed by atoms with E-state index in [2.05, 4.69) is 15.3 Å². The number of aromatic nitrogens is 2. The maximum Gasteiger partial charge on any atom is 0.268 e. The number of nitrogens with one attached hydrogen (secondary N) is 1. The maximum atomic E-state index is 12.1. The summed E-state index contributed by atoms with van der Waals surface area (Å²) >= 11 is 0. The summed E-state index contributed by atoms with van der Waals surface area (Å²) in [5.74, 6) is 0. The van der Waals surface area contributed by atoms with Crippen molar-refractivity contribution in [2.75, 3.05) is 37.7 Å². The predicted octanol–water partition coefficient (Wildman–Crippen LogP) is 0.612. The van der Waals surface area contributed by atoms with Crippen LogP contribution in [0, 0.1) is 0 Å². The minimum atomic E-state index is -0.00632. The van der Waals surface area contributed by atoms with Crippen LogP contribution in [-0.4, -0.2) is 48.7 Å². The lowest BCUT2D eigenvalue weighted by Gasteiger charge is -2.23. The van der Waals surface area contributed by atoms with Crippen molar-refractivity contribution in [2.45, 2.75) is 38.3 Å². The van der Waals surface area contributed by atoms with Gasteiger partial charge in [-0.2, -0.15) is 5.10 Å². The van der Waals surface area contributed by atoms with E-state index in [4.69, 9.17) is 4.74 Å². The normalized spacial score (nSPS) is 20.1. The van der Waals surface area contributed by atoms with Gasteiger partial charge in [-0.05, 0) is 25.7 Å². The summed E-state index contributed by atoms with van der Waals surface area (Å²) in [6, 6.07) is 2.23. The molecule has 3 rings (SSSR count). The number of hydrogen-bond donors (Lipinski definition) is 1. The summed E-state index contributed by atoms with van der Waals surface area (Å²) in [6.07, 6.45) is 6.34. The van der Waals surface area contributed by atoms with Gasteiger partial charge in [-0.1, -0.05) is 0 Å². The zero-order valence-corrected chi connectivity index (χ0v) is 12.5. The molecule has 1 aromatic rings. The van der Waals surface area contributed by atoms with E-state index in [-0.39, 0.29) is 5.56 Å². The summed E-state index contributed by atoms with van der Waals surface area (Å²) in [5, 5.41) is 7.78. The zero-order chi connectivity index (χ0) is 14.5. The lowest BCUT2D eigenvalue weighted by molar-refractivity contribution is 0.0778. The van der Waals surface area contributed by atoms with Crippen LogP contribution in [-0.2, 0) is 11.3 Å². The van der Waals surface area contributed by atoms with Crippen LogP contribution in [0.5, 0.6) is 0 Å². The van der Waals surface area contributed by atoms with Crippen LogP contribution in [0.1, 0.15) is 25.7 Å². The quantitative estimate of drug-likeness (QED) is 0.862. The Hall–Kier alpha value is -1.40. The highest BCUT2D eigenvalue weighted by Gasteiger charge is 2.14. The van der Waals surface area contributed by atoms with Gasteiger partial charge in [0.15, 0.2) is 0 Å². The van der Waals surface area contributed by atoms with E-state index >= 15 is 0 Å². The average Bonchev–Trinajstić information content (AvgIpc) is 3.04. The fraction of sp³-hybridized carbons (Fsp3) is 0.733. The molecule has 1 aromatic heterocycles. The van der Waals surface area contributed by atoms with Crippen LogP contribution >= 0.6 is 0 Å². The second kappa shape index (κ2) is 7.04. The van der Waals surface area contributed by atoms with Crippen molar-refractivity contribution in [3.05, 3.63) is 22.6 Å². The molecule has 0 saturated carbocycles. The SMILES string of the molecule is O=c1cc(N2CCCC2)cnn1CCNC1CCOCC1. The summed E-state index contributed by atoms with van der Waals surface area (Å²) in [6.45, 7) is 5.14. The minimum absolute atomic E-state index is 0.00632. The Bertz CT molecular complexity index is 505. The van der Waals surface area contributed by atoms with Crippen molar-refractivity contribution < 1.29 is 4.74 Å². The first kappa shape index (κ1) is 14.5. The van der Waals surface area contributed by atoms with Crippen LogP contribution in [0.2, 0.25) is 0 Å². The number of anilines is 1. The highest BCUT2D eigenvalue weighted by Crippen LogP contribution is 2.16. The van der Waals surface area contributed by atoms with Crippen molar-refractivity contribution in [3.63, 3.8) is 0 Å². The molecule has 6 heteroatoms. The number of rotatable bonds is 5. The molecule has 0 radical (unpaired) electrons. The maximum absolute atomic E-state index is 12.1. The number of nitrogens with zero attached hydrogens (tertiary/aromatic N) is 3. The van der Waals surface area contributed by atoms with Gasteiger partial charge in [0.1, 0.15) is 0 Å². The molecule has 2 aliphatic rings. The third-order valence-electron chi connectivity index (χ3n) is 4.30. The molecule has 2 saturated heterocycles. The highest BCUT2D eigenvalue weighted by atomic mass is 16.5. The lowest BCUT2D eigenvalue weighted by Crippen LogP contribution is -2.38. The van der Waals surface area contributed by atoms with Gasteiger partial charge in [-0.25, -0.2) is 4.68 Å².